The van der Waals surface area contributed by atoms with E-state index in [-0.39, 0.29) is 0 Å². The molecule has 0 aliphatic rings. The molecule has 0 heterocycles. The van der Waals surface area contributed by atoms with Crippen LogP contribution in [0.2, 0.25) is 0 Å². The summed E-state index contributed by atoms with van der Waals surface area (Å²) in [6.07, 6.45) is 0. The molecule has 0 aliphatic carbocycles. The van der Waals surface area contributed by atoms with Gasteiger partial charge >= 0.3 is 111 Å². The second-order valence-corrected chi connectivity index (χ2v) is 6.63. The van der Waals surface area contributed by atoms with Crippen LogP contribution in [-0.2, 0) is 0 Å². The molecule has 2 rings (SSSR count). The molecule has 0 aromatic heterocycles. The van der Waals surface area contributed by atoms with E-state index in [0.29, 0.717) is 5.56 Å². The Hall–Kier alpha value is -1.36. The third kappa shape index (κ3) is 3.06. The van der Waals surface area contributed by atoms with Gasteiger partial charge in [0.1, 0.15) is 0 Å². The van der Waals surface area contributed by atoms with Crippen LogP contribution in [0.25, 0.3) is 0 Å². The Morgan fingerprint density at radius 2 is 1.88 bits per heavy atom. The predicted molar refractivity (Wildman–Crippen MR) is 62.0 cm³/mol. The maximum atomic E-state index is 11.1. The van der Waals surface area contributed by atoms with Crippen LogP contribution in [-0.4, -0.2) is 11.1 Å². The zero-order chi connectivity index (χ0) is 12.3. The molecular formula is C14H12IO2-. The minimum atomic E-state index is -0.840. The Balaban J connectivity index is 2.33. The molecule has 3 heteroatoms. The predicted octanol–water partition coefficient (Wildman–Crippen LogP) is -0.178. The molecule has 1 N–H and O–H groups in total. The van der Waals surface area contributed by atoms with Crippen molar-refractivity contribution in [2.45, 2.75) is 6.92 Å². The zero-order valence-electron chi connectivity index (χ0n) is 9.35. The summed E-state index contributed by atoms with van der Waals surface area (Å²) in [5.74, 6) is -0.840. The Kier molecular flexibility index (Phi) is 3.78. The van der Waals surface area contributed by atoms with Crippen molar-refractivity contribution < 1.29 is 31.1 Å². The van der Waals surface area contributed by atoms with Crippen LogP contribution in [0, 0.1) is 14.1 Å². The van der Waals surface area contributed by atoms with Crippen LogP contribution in [0.15, 0.2) is 48.5 Å². The van der Waals surface area contributed by atoms with Gasteiger partial charge in [-0.3, -0.25) is 0 Å². The molecule has 2 aromatic rings. The molecule has 0 spiro atoms. The van der Waals surface area contributed by atoms with Crippen molar-refractivity contribution in [3.05, 3.63) is 66.8 Å². The van der Waals surface area contributed by atoms with Gasteiger partial charge in [0.2, 0.25) is 0 Å². The Morgan fingerprint density at radius 1 is 1.12 bits per heavy atom. The fourth-order valence-corrected chi connectivity index (χ4v) is 4.29. The molecule has 0 unspecified atom stereocenters. The average molecular weight is 339 g/mol. The van der Waals surface area contributed by atoms with Gasteiger partial charge in [0.15, 0.2) is 0 Å². The van der Waals surface area contributed by atoms with E-state index in [9.17, 15) is 4.79 Å². The second kappa shape index (κ2) is 5.31. The van der Waals surface area contributed by atoms with E-state index >= 15 is 0 Å². The fourth-order valence-electron chi connectivity index (χ4n) is 1.50. The molecule has 2 aromatic carbocycles. The van der Waals surface area contributed by atoms with Crippen molar-refractivity contribution in [3.63, 3.8) is 0 Å². The van der Waals surface area contributed by atoms with Crippen LogP contribution >= 0.6 is 0 Å². The molecule has 0 saturated heterocycles. The van der Waals surface area contributed by atoms with E-state index in [0.717, 1.165) is 3.57 Å². The molecule has 0 atom stereocenters. The topological polar surface area (TPSA) is 37.3 Å². The number of aromatic carboxylic acids is 1. The summed E-state index contributed by atoms with van der Waals surface area (Å²) in [7, 11) is 0. The number of hydrogen-bond acceptors (Lipinski definition) is 1. The van der Waals surface area contributed by atoms with Crippen molar-refractivity contribution >= 4 is 5.97 Å². The van der Waals surface area contributed by atoms with Crippen LogP contribution in [0.5, 0.6) is 0 Å². The van der Waals surface area contributed by atoms with Gasteiger partial charge in [0.25, 0.3) is 0 Å². The first-order valence-corrected chi connectivity index (χ1v) is 7.36. The molecular weight excluding hydrogens is 327 g/mol. The fraction of sp³-hybridized carbons (Fsp3) is 0.0714. The number of benzene rings is 2. The summed E-state index contributed by atoms with van der Waals surface area (Å²) in [6, 6.07) is 15.5. The quantitative estimate of drug-likeness (QED) is 0.788. The van der Waals surface area contributed by atoms with Gasteiger partial charge in [-0.05, 0) is 0 Å². The summed E-state index contributed by atoms with van der Waals surface area (Å²) < 4.78 is 2.21. The van der Waals surface area contributed by atoms with E-state index in [4.69, 9.17) is 5.11 Å². The standard InChI is InChI=1S/C14H12IO2/c1-10-5-4-6-11(9-10)15-13-8-3-2-7-12(13)14(16)17/h2-9H,1H3,(H,16,17)/q-1. The molecule has 0 aliphatic heterocycles. The molecule has 2 nitrogen and oxygen atoms in total. The van der Waals surface area contributed by atoms with Gasteiger partial charge in [-0.25, -0.2) is 0 Å². The first-order valence-electron chi connectivity index (χ1n) is 5.20. The van der Waals surface area contributed by atoms with E-state index in [1.165, 1.54) is 9.13 Å². The van der Waals surface area contributed by atoms with Gasteiger partial charge in [-0.2, -0.15) is 0 Å². The van der Waals surface area contributed by atoms with E-state index in [1.807, 2.05) is 18.2 Å². The van der Waals surface area contributed by atoms with E-state index in [2.05, 4.69) is 25.1 Å². The monoisotopic (exact) mass is 339 g/mol. The first kappa shape index (κ1) is 12.1. The number of rotatable bonds is 3. The number of hydrogen-bond donors (Lipinski definition) is 1. The zero-order valence-corrected chi connectivity index (χ0v) is 11.5. The van der Waals surface area contributed by atoms with Crippen molar-refractivity contribution in [2.75, 3.05) is 0 Å². The van der Waals surface area contributed by atoms with Crippen LogP contribution in [0.3, 0.4) is 0 Å². The SMILES string of the molecule is Cc1cccc([I-]c2ccccc2C(=O)O)c1. The third-order valence-electron chi connectivity index (χ3n) is 2.30. The van der Waals surface area contributed by atoms with Crippen molar-refractivity contribution in [1.82, 2.24) is 0 Å². The van der Waals surface area contributed by atoms with Gasteiger partial charge in [-0.15, -0.1) is 0 Å². The molecule has 0 amide bonds. The molecule has 0 radical (unpaired) electrons. The summed E-state index contributed by atoms with van der Waals surface area (Å²) in [5.41, 5.74) is 1.65. The van der Waals surface area contributed by atoms with Gasteiger partial charge in [0.05, 0.1) is 0 Å². The third-order valence-corrected chi connectivity index (χ3v) is 5.11. The summed E-state index contributed by atoms with van der Waals surface area (Å²) in [6.45, 7) is 2.05. The van der Waals surface area contributed by atoms with Crippen LogP contribution < -0.4 is 21.2 Å². The van der Waals surface area contributed by atoms with Gasteiger partial charge in [-0.1, -0.05) is 0 Å². The Labute approximate surface area is 111 Å². The number of carbonyl (C=O) groups is 1. The van der Waals surface area contributed by atoms with Crippen molar-refractivity contribution in [2.24, 2.45) is 0 Å². The van der Waals surface area contributed by atoms with Crippen LogP contribution in [0.4, 0.5) is 0 Å². The molecule has 0 bridgehead atoms. The maximum absolute atomic E-state index is 11.1. The van der Waals surface area contributed by atoms with Gasteiger partial charge < -0.3 is 0 Å². The van der Waals surface area contributed by atoms with Crippen molar-refractivity contribution in [1.29, 1.82) is 0 Å². The van der Waals surface area contributed by atoms with Gasteiger partial charge in [0, 0.05) is 0 Å². The molecule has 0 saturated carbocycles. The molecule has 17 heavy (non-hydrogen) atoms. The number of carboxylic acids is 1. The minimum absolute atomic E-state index is 0.424. The number of carboxylic acid groups (broad SMARTS) is 1. The second-order valence-electron chi connectivity index (χ2n) is 3.68. The van der Waals surface area contributed by atoms with Crippen molar-refractivity contribution in [3.8, 4) is 0 Å². The first-order chi connectivity index (χ1) is 8.16. The Morgan fingerprint density at radius 3 is 2.59 bits per heavy atom. The summed E-state index contributed by atoms with van der Waals surface area (Å²) in [5, 5.41) is 9.12. The Bertz CT molecular complexity index is 549. The summed E-state index contributed by atoms with van der Waals surface area (Å²) in [4.78, 5) is 11.1. The molecule has 0 fully saturated rings. The normalized spacial score (nSPS) is 10.4. The number of aryl methyl sites for hydroxylation is 1. The van der Waals surface area contributed by atoms with E-state index < -0.39 is 27.2 Å². The average Bonchev–Trinajstić information content (AvgIpc) is 2.29. The molecule has 88 valence electrons. The van der Waals surface area contributed by atoms with Crippen LogP contribution in [0.1, 0.15) is 15.9 Å². The summed E-state index contributed by atoms with van der Waals surface area (Å²) >= 11 is -0.424. The number of halogens is 1. The van der Waals surface area contributed by atoms with E-state index in [1.54, 1.807) is 12.1 Å².